The lowest BCUT2D eigenvalue weighted by atomic mass is 9.87. The van der Waals surface area contributed by atoms with Crippen LogP contribution in [0.1, 0.15) is 73.1 Å². The summed E-state index contributed by atoms with van der Waals surface area (Å²) in [6, 6.07) is 0.568. The molecular formula is C18H38N2O. The van der Waals surface area contributed by atoms with Gasteiger partial charge in [0, 0.05) is 18.2 Å². The fourth-order valence-electron chi connectivity index (χ4n) is 3.70. The van der Waals surface area contributed by atoms with E-state index in [2.05, 4.69) is 44.8 Å². The van der Waals surface area contributed by atoms with Crippen LogP contribution < -0.4 is 5.32 Å². The molecule has 1 aliphatic rings. The Morgan fingerprint density at radius 3 is 2.48 bits per heavy atom. The van der Waals surface area contributed by atoms with Gasteiger partial charge in [-0.05, 0) is 72.0 Å². The van der Waals surface area contributed by atoms with Crippen molar-refractivity contribution < 1.29 is 4.74 Å². The number of likely N-dealkylation sites (N-methyl/N-ethyl adjacent to an activating group) is 1. The molecule has 2 atom stereocenters. The minimum Gasteiger partial charge on any atom is -0.378 e. The predicted molar refractivity (Wildman–Crippen MR) is 91.9 cm³/mol. The summed E-state index contributed by atoms with van der Waals surface area (Å²) in [7, 11) is 0. The van der Waals surface area contributed by atoms with Gasteiger partial charge >= 0.3 is 0 Å². The molecule has 1 aliphatic heterocycles. The second-order valence-electron chi connectivity index (χ2n) is 6.90. The van der Waals surface area contributed by atoms with E-state index in [0.29, 0.717) is 12.1 Å². The van der Waals surface area contributed by atoms with E-state index in [-0.39, 0.29) is 5.54 Å². The number of nitrogens with zero attached hydrogens (tertiary/aromatic N) is 1. The van der Waals surface area contributed by atoms with Crippen LogP contribution in [-0.2, 0) is 4.74 Å². The Hall–Kier alpha value is -0.120. The fourth-order valence-corrected chi connectivity index (χ4v) is 3.70. The number of rotatable bonds is 11. The van der Waals surface area contributed by atoms with E-state index in [1.54, 1.807) is 0 Å². The van der Waals surface area contributed by atoms with E-state index in [1.165, 1.54) is 38.5 Å². The van der Waals surface area contributed by atoms with Gasteiger partial charge in [0.2, 0.25) is 0 Å². The van der Waals surface area contributed by atoms with Crippen molar-refractivity contribution in [1.82, 2.24) is 10.2 Å². The Morgan fingerprint density at radius 1 is 1.24 bits per heavy atom. The van der Waals surface area contributed by atoms with E-state index in [9.17, 15) is 0 Å². The Morgan fingerprint density at radius 2 is 1.95 bits per heavy atom. The number of hydrogen-bond acceptors (Lipinski definition) is 3. The minimum absolute atomic E-state index is 0.217. The first-order chi connectivity index (χ1) is 10.1. The van der Waals surface area contributed by atoms with Crippen LogP contribution in [0, 0.1) is 0 Å². The van der Waals surface area contributed by atoms with Crippen molar-refractivity contribution in [2.24, 2.45) is 0 Å². The van der Waals surface area contributed by atoms with Crippen molar-refractivity contribution in [1.29, 1.82) is 0 Å². The highest BCUT2D eigenvalue weighted by Crippen LogP contribution is 2.25. The van der Waals surface area contributed by atoms with Crippen molar-refractivity contribution in [3.8, 4) is 0 Å². The molecule has 1 N–H and O–H groups in total. The van der Waals surface area contributed by atoms with Gasteiger partial charge in [-0.1, -0.05) is 20.8 Å². The average Bonchev–Trinajstić information content (AvgIpc) is 2.96. The second kappa shape index (κ2) is 9.81. The molecule has 1 rings (SSSR count). The highest BCUT2D eigenvalue weighted by Gasteiger charge is 2.33. The standard InChI is InChI=1S/C18H38N2O/c1-6-14-19-17(18(4,5)20(7-2)8-3)13-9-11-16-12-10-15-21-16/h16-17,19H,6-15H2,1-5H3. The van der Waals surface area contributed by atoms with Crippen molar-refractivity contribution in [2.75, 3.05) is 26.2 Å². The van der Waals surface area contributed by atoms with E-state index >= 15 is 0 Å². The van der Waals surface area contributed by atoms with Crippen LogP contribution in [0.4, 0.5) is 0 Å². The lowest BCUT2D eigenvalue weighted by molar-refractivity contribution is 0.0772. The van der Waals surface area contributed by atoms with E-state index in [4.69, 9.17) is 4.74 Å². The SMILES string of the molecule is CCCNC(CCCC1CCCO1)C(C)(C)N(CC)CC. The molecule has 1 heterocycles. The Kier molecular flexibility index (Phi) is 8.84. The van der Waals surface area contributed by atoms with E-state index < -0.39 is 0 Å². The topological polar surface area (TPSA) is 24.5 Å². The molecule has 2 unspecified atom stereocenters. The summed E-state index contributed by atoms with van der Waals surface area (Å²) >= 11 is 0. The Labute approximate surface area is 132 Å². The zero-order valence-electron chi connectivity index (χ0n) is 15.1. The number of nitrogens with one attached hydrogen (secondary N) is 1. The molecule has 1 saturated heterocycles. The first kappa shape index (κ1) is 18.9. The zero-order chi connectivity index (χ0) is 15.7. The van der Waals surface area contributed by atoms with Gasteiger partial charge in [-0.3, -0.25) is 4.90 Å². The molecule has 0 bridgehead atoms. The molecule has 21 heavy (non-hydrogen) atoms. The lowest BCUT2D eigenvalue weighted by Crippen LogP contribution is -2.57. The number of ether oxygens (including phenoxy) is 1. The molecule has 1 fully saturated rings. The second-order valence-corrected chi connectivity index (χ2v) is 6.90. The maximum Gasteiger partial charge on any atom is 0.0576 e. The van der Waals surface area contributed by atoms with Crippen LogP contribution in [0.5, 0.6) is 0 Å². The maximum atomic E-state index is 5.76. The maximum absolute atomic E-state index is 5.76. The summed E-state index contributed by atoms with van der Waals surface area (Å²) in [5, 5.41) is 3.80. The smallest absolute Gasteiger partial charge is 0.0576 e. The van der Waals surface area contributed by atoms with Crippen LogP contribution in [0.2, 0.25) is 0 Å². The minimum atomic E-state index is 0.217. The zero-order valence-corrected chi connectivity index (χ0v) is 15.1. The quantitative estimate of drug-likeness (QED) is 0.627. The van der Waals surface area contributed by atoms with Gasteiger partial charge in [-0.15, -0.1) is 0 Å². The van der Waals surface area contributed by atoms with Crippen LogP contribution in [0.15, 0.2) is 0 Å². The normalized spacial score (nSPS) is 21.1. The number of hydrogen-bond donors (Lipinski definition) is 1. The van der Waals surface area contributed by atoms with Crippen molar-refractivity contribution in [3.05, 3.63) is 0 Å². The van der Waals surface area contributed by atoms with Crippen LogP contribution in [0.3, 0.4) is 0 Å². The highest BCUT2D eigenvalue weighted by molar-refractivity contribution is 4.93. The third-order valence-corrected chi connectivity index (χ3v) is 5.11. The molecule has 126 valence electrons. The third-order valence-electron chi connectivity index (χ3n) is 5.11. The Bertz CT molecular complexity index is 258. The Balaban J connectivity index is 2.51. The van der Waals surface area contributed by atoms with Gasteiger partial charge < -0.3 is 10.1 Å². The molecule has 0 spiro atoms. The van der Waals surface area contributed by atoms with Crippen molar-refractivity contribution in [2.45, 2.75) is 90.8 Å². The molecule has 3 nitrogen and oxygen atoms in total. The first-order valence-corrected chi connectivity index (χ1v) is 9.16. The largest absolute Gasteiger partial charge is 0.378 e. The fraction of sp³-hybridized carbons (Fsp3) is 1.00. The lowest BCUT2D eigenvalue weighted by Gasteiger charge is -2.44. The van der Waals surface area contributed by atoms with Gasteiger partial charge in [0.15, 0.2) is 0 Å². The van der Waals surface area contributed by atoms with Crippen molar-refractivity contribution in [3.63, 3.8) is 0 Å². The summed E-state index contributed by atoms with van der Waals surface area (Å²) in [5.74, 6) is 0. The molecular weight excluding hydrogens is 260 g/mol. The molecule has 0 aliphatic carbocycles. The molecule has 0 saturated carbocycles. The highest BCUT2D eigenvalue weighted by atomic mass is 16.5. The summed E-state index contributed by atoms with van der Waals surface area (Å²) < 4.78 is 5.76. The summed E-state index contributed by atoms with van der Waals surface area (Å²) in [6.45, 7) is 15.9. The molecule has 0 aromatic rings. The van der Waals surface area contributed by atoms with Gasteiger partial charge in [0.1, 0.15) is 0 Å². The monoisotopic (exact) mass is 298 g/mol. The van der Waals surface area contributed by atoms with Gasteiger partial charge in [0.05, 0.1) is 6.10 Å². The average molecular weight is 299 g/mol. The van der Waals surface area contributed by atoms with Crippen LogP contribution in [0.25, 0.3) is 0 Å². The molecule has 0 radical (unpaired) electrons. The third kappa shape index (κ3) is 5.88. The summed E-state index contributed by atoms with van der Waals surface area (Å²) in [6.07, 6.45) is 8.03. The predicted octanol–water partition coefficient (Wildman–Crippen LogP) is 3.82. The van der Waals surface area contributed by atoms with Gasteiger partial charge in [-0.2, -0.15) is 0 Å². The molecule has 0 aromatic carbocycles. The molecule has 0 amide bonds. The van der Waals surface area contributed by atoms with Gasteiger partial charge in [0.25, 0.3) is 0 Å². The van der Waals surface area contributed by atoms with Crippen molar-refractivity contribution >= 4 is 0 Å². The van der Waals surface area contributed by atoms with Crippen LogP contribution in [-0.4, -0.2) is 48.8 Å². The first-order valence-electron chi connectivity index (χ1n) is 9.16. The van der Waals surface area contributed by atoms with Gasteiger partial charge in [-0.25, -0.2) is 0 Å². The molecule has 0 aromatic heterocycles. The van der Waals surface area contributed by atoms with E-state index in [1.807, 2.05) is 0 Å². The summed E-state index contributed by atoms with van der Waals surface area (Å²) in [4.78, 5) is 2.59. The molecule has 3 heteroatoms. The van der Waals surface area contributed by atoms with Crippen LogP contribution >= 0.6 is 0 Å². The summed E-state index contributed by atoms with van der Waals surface area (Å²) in [5.41, 5.74) is 0.217. The van der Waals surface area contributed by atoms with E-state index in [0.717, 1.165) is 26.2 Å².